The summed E-state index contributed by atoms with van der Waals surface area (Å²) in [5, 5.41) is 2.95. The predicted molar refractivity (Wildman–Crippen MR) is 92.2 cm³/mol. The fraction of sp³-hybridized carbons (Fsp3) is 0.556. The third kappa shape index (κ3) is 5.51. The van der Waals surface area contributed by atoms with Crippen molar-refractivity contribution < 1.29 is 18.7 Å². The van der Waals surface area contributed by atoms with Crippen LogP contribution in [-0.4, -0.2) is 30.3 Å². The van der Waals surface area contributed by atoms with Gasteiger partial charge in [0, 0.05) is 10.9 Å². The minimum absolute atomic E-state index is 0.0227. The Kier molecular flexibility index (Phi) is 7.09. The molecule has 0 spiro atoms. The van der Waals surface area contributed by atoms with Gasteiger partial charge in [-0.3, -0.25) is 9.59 Å². The molecule has 1 aromatic rings. The van der Waals surface area contributed by atoms with Crippen LogP contribution in [0, 0.1) is 17.7 Å². The minimum atomic E-state index is -0.525. The summed E-state index contributed by atoms with van der Waals surface area (Å²) in [7, 11) is 0. The SMILES string of the molecule is C[C@@H]1[C@@H](C)CCC[C@H]1NC(=O)COC(=O)CSc1ccccc1F. The molecular weight excluding hydrogens is 329 g/mol. The number of rotatable bonds is 6. The van der Waals surface area contributed by atoms with Crippen LogP contribution in [0.4, 0.5) is 4.39 Å². The zero-order chi connectivity index (χ0) is 17.5. The fourth-order valence-corrected chi connectivity index (χ4v) is 3.66. The van der Waals surface area contributed by atoms with Gasteiger partial charge in [-0.15, -0.1) is 11.8 Å². The molecule has 0 heterocycles. The third-order valence-electron chi connectivity index (χ3n) is 4.60. The Morgan fingerprint density at radius 2 is 2.04 bits per heavy atom. The van der Waals surface area contributed by atoms with Crippen LogP contribution >= 0.6 is 11.8 Å². The second-order valence-electron chi connectivity index (χ2n) is 6.32. The molecule has 6 heteroatoms. The van der Waals surface area contributed by atoms with Gasteiger partial charge in [0.05, 0.1) is 5.75 Å². The smallest absolute Gasteiger partial charge is 0.316 e. The Morgan fingerprint density at radius 3 is 2.79 bits per heavy atom. The van der Waals surface area contributed by atoms with Crippen LogP contribution in [0.1, 0.15) is 33.1 Å². The number of thioether (sulfide) groups is 1. The van der Waals surface area contributed by atoms with Gasteiger partial charge in [-0.2, -0.15) is 0 Å². The lowest BCUT2D eigenvalue weighted by molar-refractivity contribution is -0.146. The molecule has 0 radical (unpaired) electrons. The van der Waals surface area contributed by atoms with E-state index in [9.17, 15) is 14.0 Å². The molecule has 0 bridgehead atoms. The van der Waals surface area contributed by atoms with Crippen LogP contribution in [0.2, 0.25) is 0 Å². The van der Waals surface area contributed by atoms with Crippen molar-refractivity contribution >= 4 is 23.6 Å². The average molecular weight is 353 g/mol. The first kappa shape index (κ1) is 18.8. The van der Waals surface area contributed by atoms with E-state index in [1.54, 1.807) is 18.2 Å². The van der Waals surface area contributed by atoms with E-state index < -0.39 is 5.97 Å². The number of hydrogen-bond acceptors (Lipinski definition) is 4. The number of nitrogens with one attached hydrogen (secondary N) is 1. The molecular formula is C18H24FNO3S. The summed E-state index contributed by atoms with van der Waals surface area (Å²) < 4.78 is 18.4. The summed E-state index contributed by atoms with van der Waals surface area (Å²) in [5.41, 5.74) is 0. The van der Waals surface area contributed by atoms with Gasteiger partial charge in [-0.1, -0.05) is 38.8 Å². The maximum absolute atomic E-state index is 13.4. The molecule has 1 aromatic carbocycles. The normalized spacial score (nSPS) is 23.5. The summed E-state index contributed by atoms with van der Waals surface area (Å²) >= 11 is 1.06. The maximum Gasteiger partial charge on any atom is 0.316 e. The van der Waals surface area contributed by atoms with E-state index in [2.05, 4.69) is 19.2 Å². The van der Waals surface area contributed by atoms with Crippen molar-refractivity contribution in [2.45, 2.75) is 44.0 Å². The highest BCUT2D eigenvalue weighted by Crippen LogP contribution is 2.29. The predicted octanol–water partition coefficient (Wildman–Crippen LogP) is 3.40. The molecule has 1 aliphatic carbocycles. The average Bonchev–Trinajstić information content (AvgIpc) is 2.56. The van der Waals surface area contributed by atoms with Gasteiger partial charge >= 0.3 is 5.97 Å². The van der Waals surface area contributed by atoms with Gasteiger partial charge in [0.25, 0.3) is 5.91 Å². The van der Waals surface area contributed by atoms with Crippen molar-refractivity contribution in [1.29, 1.82) is 0 Å². The summed E-state index contributed by atoms with van der Waals surface area (Å²) in [6, 6.07) is 6.39. The Labute approximate surface area is 146 Å². The molecule has 1 saturated carbocycles. The van der Waals surface area contributed by atoms with E-state index in [0.29, 0.717) is 16.7 Å². The highest BCUT2D eigenvalue weighted by molar-refractivity contribution is 8.00. The quantitative estimate of drug-likeness (QED) is 0.629. The molecule has 0 saturated heterocycles. The third-order valence-corrected chi connectivity index (χ3v) is 5.62. The van der Waals surface area contributed by atoms with Crippen molar-refractivity contribution in [3.63, 3.8) is 0 Å². The summed E-state index contributed by atoms with van der Waals surface area (Å²) in [5.74, 6) is -0.175. The highest BCUT2D eigenvalue weighted by Gasteiger charge is 2.28. The van der Waals surface area contributed by atoms with Gasteiger partial charge in [-0.05, 0) is 30.4 Å². The standard InChI is InChI=1S/C18H24FNO3S/c1-12-6-5-8-15(13(12)2)20-17(21)10-23-18(22)11-24-16-9-4-3-7-14(16)19/h3-4,7,9,12-13,15H,5-6,8,10-11H2,1-2H3,(H,20,21)/t12-,13+,15+/m0/s1. The Morgan fingerprint density at radius 1 is 1.29 bits per heavy atom. The van der Waals surface area contributed by atoms with E-state index in [4.69, 9.17) is 4.74 Å². The molecule has 132 valence electrons. The van der Waals surface area contributed by atoms with Crippen molar-refractivity contribution in [2.24, 2.45) is 11.8 Å². The Balaban J connectivity index is 1.69. The molecule has 1 amide bonds. The number of ether oxygens (including phenoxy) is 1. The first-order valence-corrected chi connectivity index (χ1v) is 9.28. The second-order valence-corrected chi connectivity index (χ2v) is 7.34. The molecule has 1 N–H and O–H groups in total. The van der Waals surface area contributed by atoms with Crippen molar-refractivity contribution in [1.82, 2.24) is 5.32 Å². The van der Waals surface area contributed by atoms with Crippen LogP contribution in [0.5, 0.6) is 0 Å². The molecule has 0 aliphatic heterocycles. The van der Waals surface area contributed by atoms with Crippen LogP contribution in [-0.2, 0) is 14.3 Å². The first-order valence-electron chi connectivity index (χ1n) is 8.29. The number of carbonyl (C=O) groups is 2. The minimum Gasteiger partial charge on any atom is -0.455 e. The van der Waals surface area contributed by atoms with Gasteiger partial charge in [0.2, 0.25) is 0 Å². The first-order chi connectivity index (χ1) is 11.5. The molecule has 3 atom stereocenters. The van der Waals surface area contributed by atoms with E-state index in [1.165, 1.54) is 12.5 Å². The van der Waals surface area contributed by atoms with Crippen molar-refractivity contribution in [2.75, 3.05) is 12.4 Å². The number of carbonyl (C=O) groups excluding carboxylic acids is 2. The zero-order valence-electron chi connectivity index (χ0n) is 14.1. The lowest BCUT2D eigenvalue weighted by atomic mass is 9.78. The summed E-state index contributed by atoms with van der Waals surface area (Å²) in [6.45, 7) is 4.06. The lowest BCUT2D eigenvalue weighted by Gasteiger charge is -2.34. The van der Waals surface area contributed by atoms with Gasteiger partial charge in [0.1, 0.15) is 5.82 Å². The van der Waals surface area contributed by atoms with E-state index in [0.717, 1.165) is 24.6 Å². The monoisotopic (exact) mass is 353 g/mol. The molecule has 24 heavy (non-hydrogen) atoms. The summed E-state index contributed by atoms with van der Waals surface area (Å²) in [4.78, 5) is 24.0. The molecule has 1 aliphatic rings. The van der Waals surface area contributed by atoms with Gasteiger partial charge in [0.15, 0.2) is 6.61 Å². The number of halogens is 1. The number of amides is 1. The van der Waals surface area contributed by atoms with Crippen LogP contribution < -0.4 is 5.32 Å². The maximum atomic E-state index is 13.4. The molecule has 1 fully saturated rings. The number of benzene rings is 1. The Bertz CT molecular complexity index is 581. The van der Waals surface area contributed by atoms with Crippen LogP contribution in [0.15, 0.2) is 29.2 Å². The largest absolute Gasteiger partial charge is 0.455 e. The highest BCUT2D eigenvalue weighted by atomic mass is 32.2. The molecule has 0 aromatic heterocycles. The Hall–Kier alpha value is -1.56. The fourth-order valence-electron chi connectivity index (χ4n) is 2.92. The molecule has 2 rings (SSSR count). The van der Waals surface area contributed by atoms with E-state index >= 15 is 0 Å². The van der Waals surface area contributed by atoms with Crippen LogP contribution in [0.3, 0.4) is 0 Å². The van der Waals surface area contributed by atoms with Crippen LogP contribution in [0.25, 0.3) is 0 Å². The second kappa shape index (κ2) is 9.06. The number of hydrogen-bond donors (Lipinski definition) is 1. The zero-order valence-corrected chi connectivity index (χ0v) is 14.9. The molecule has 0 unspecified atom stereocenters. The van der Waals surface area contributed by atoms with Crippen molar-refractivity contribution in [3.05, 3.63) is 30.1 Å². The van der Waals surface area contributed by atoms with Gasteiger partial charge in [-0.25, -0.2) is 4.39 Å². The van der Waals surface area contributed by atoms with E-state index in [1.807, 2.05) is 0 Å². The lowest BCUT2D eigenvalue weighted by Crippen LogP contribution is -2.45. The number of esters is 1. The van der Waals surface area contributed by atoms with Crippen molar-refractivity contribution in [3.8, 4) is 0 Å². The summed E-state index contributed by atoms with van der Waals surface area (Å²) in [6.07, 6.45) is 3.26. The topological polar surface area (TPSA) is 55.4 Å². The van der Waals surface area contributed by atoms with E-state index in [-0.39, 0.29) is 30.1 Å². The van der Waals surface area contributed by atoms with Gasteiger partial charge < -0.3 is 10.1 Å². The molecule has 4 nitrogen and oxygen atoms in total.